The summed E-state index contributed by atoms with van der Waals surface area (Å²) in [5.41, 5.74) is 8.29. The van der Waals surface area contributed by atoms with E-state index in [4.69, 9.17) is 10.5 Å². The van der Waals surface area contributed by atoms with E-state index in [1.807, 2.05) is 6.07 Å². The third-order valence-electron chi connectivity index (χ3n) is 4.17. The largest absolute Gasteiger partial charge is 0.491 e. The molecule has 2 rings (SSSR count). The van der Waals surface area contributed by atoms with E-state index >= 15 is 0 Å². The Kier molecular flexibility index (Phi) is 5.57. The third kappa shape index (κ3) is 3.38. The molecule has 0 spiro atoms. The molecule has 20 heavy (non-hydrogen) atoms. The quantitative estimate of drug-likeness (QED) is 0.791. The molecule has 3 nitrogen and oxygen atoms in total. The summed E-state index contributed by atoms with van der Waals surface area (Å²) in [5, 5.41) is 0. The second-order valence-corrected chi connectivity index (χ2v) is 5.62. The fourth-order valence-corrected chi connectivity index (χ4v) is 3.14. The van der Waals surface area contributed by atoms with Gasteiger partial charge in [-0.15, -0.1) is 0 Å². The molecule has 1 aromatic rings. The highest BCUT2D eigenvalue weighted by molar-refractivity contribution is 5.74. The van der Waals surface area contributed by atoms with Crippen LogP contribution in [0.25, 0.3) is 0 Å². The summed E-state index contributed by atoms with van der Waals surface area (Å²) in [4.78, 5) is 2.47. The SMILES string of the molecule is CCCOc1cccc(N(CC)C2CCCCC2)c1N. The van der Waals surface area contributed by atoms with Crippen LogP contribution in [0.2, 0.25) is 0 Å². The molecule has 0 heterocycles. The first-order valence-electron chi connectivity index (χ1n) is 8.05. The standard InChI is InChI=1S/C17H28N2O/c1-3-13-20-16-12-8-11-15(17(16)18)19(4-2)14-9-6-5-7-10-14/h8,11-12,14H,3-7,9-10,13,18H2,1-2H3. The van der Waals surface area contributed by atoms with Crippen molar-refractivity contribution in [3.8, 4) is 5.75 Å². The number of rotatable bonds is 6. The lowest BCUT2D eigenvalue weighted by Crippen LogP contribution is -2.37. The van der Waals surface area contributed by atoms with Crippen molar-refractivity contribution in [1.29, 1.82) is 0 Å². The highest BCUT2D eigenvalue weighted by Gasteiger charge is 2.22. The van der Waals surface area contributed by atoms with Crippen molar-refractivity contribution >= 4 is 11.4 Å². The first kappa shape index (κ1) is 15.0. The summed E-state index contributed by atoms with van der Waals surface area (Å²) < 4.78 is 5.76. The number of anilines is 2. The van der Waals surface area contributed by atoms with Gasteiger partial charge in [-0.3, -0.25) is 0 Å². The number of ether oxygens (including phenoxy) is 1. The van der Waals surface area contributed by atoms with Crippen LogP contribution in [0.4, 0.5) is 11.4 Å². The molecule has 1 aliphatic carbocycles. The van der Waals surface area contributed by atoms with E-state index in [-0.39, 0.29) is 0 Å². The van der Waals surface area contributed by atoms with E-state index in [0.717, 1.165) is 36.7 Å². The highest BCUT2D eigenvalue weighted by Crippen LogP contribution is 2.36. The summed E-state index contributed by atoms with van der Waals surface area (Å²) in [6.45, 7) is 6.06. The van der Waals surface area contributed by atoms with E-state index in [0.29, 0.717) is 6.04 Å². The molecule has 1 aliphatic rings. The molecule has 0 amide bonds. The summed E-state index contributed by atoms with van der Waals surface area (Å²) in [6.07, 6.45) is 7.63. The first-order chi connectivity index (χ1) is 9.77. The Bertz CT molecular complexity index is 413. The van der Waals surface area contributed by atoms with Crippen LogP contribution in [0.15, 0.2) is 18.2 Å². The number of hydrogen-bond donors (Lipinski definition) is 1. The number of para-hydroxylation sites is 1. The van der Waals surface area contributed by atoms with Crippen molar-refractivity contribution in [3.05, 3.63) is 18.2 Å². The fourth-order valence-electron chi connectivity index (χ4n) is 3.14. The van der Waals surface area contributed by atoms with Crippen LogP contribution in [0.3, 0.4) is 0 Å². The normalized spacial score (nSPS) is 16.1. The van der Waals surface area contributed by atoms with Gasteiger partial charge < -0.3 is 15.4 Å². The number of nitrogens with zero attached hydrogens (tertiary/aromatic N) is 1. The van der Waals surface area contributed by atoms with Gasteiger partial charge in [-0.1, -0.05) is 32.3 Å². The lowest BCUT2D eigenvalue weighted by molar-refractivity contribution is 0.319. The second kappa shape index (κ2) is 7.41. The van der Waals surface area contributed by atoms with Crippen LogP contribution in [0.1, 0.15) is 52.4 Å². The van der Waals surface area contributed by atoms with Gasteiger partial charge >= 0.3 is 0 Å². The van der Waals surface area contributed by atoms with Crippen LogP contribution < -0.4 is 15.4 Å². The number of nitrogens with two attached hydrogens (primary N) is 1. The molecule has 0 bridgehead atoms. The van der Waals surface area contributed by atoms with E-state index < -0.39 is 0 Å². The van der Waals surface area contributed by atoms with E-state index in [1.165, 1.54) is 32.1 Å². The minimum Gasteiger partial charge on any atom is -0.491 e. The molecule has 1 fully saturated rings. The van der Waals surface area contributed by atoms with Crippen LogP contribution in [0.5, 0.6) is 5.75 Å². The van der Waals surface area contributed by atoms with Crippen LogP contribution in [-0.2, 0) is 0 Å². The first-order valence-corrected chi connectivity index (χ1v) is 8.05. The Morgan fingerprint density at radius 2 is 1.95 bits per heavy atom. The average molecular weight is 276 g/mol. The van der Waals surface area contributed by atoms with Gasteiger partial charge in [0.2, 0.25) is 0 Å². The van der Waals surface area contributed by atoms with Gasteiger partial charge in [0.05, 0.1) is 18.0 Å². The molecule has 0 aromatic heterocycles. The smallest absolute Gasteiger partial charge is 0.144 e. The maximum atomic E-state index is 6.34. The summed E-state index contributed by atoms with van der Waals surface area (Å²) >= 11 is 0. The Morgan fingerprint density at radius 1 is 1.20 bits per heavy atom. The number of benzene rings is 1. The number of nitrogen functional groups attached to an aromatic ring is 1. The van der Waals surface area contributed by atoms with Crippen molar-refractivity contribution in [2.24, 2.45) is 0 Å². The highest BCUT2D eigenvalue weighted by atomic mass is 16.5. The van der Waals surface area contributed by atoms with Gasteiger partial charge in [0.15, 0.2) is 0 Å². The van der Waals surface area contributed by atoms with Gasteiger partial charge in [-0.25, -0.2) is 0 Å². The molecular weight excluding hydrogens is 248 g/mol. The maximum absolute atomic E-state index is 6.34. The minimum atomic E-state index is 0.637. The lowest BCUT2D eigenvalue weighted by atomic mass is 9.93. The second-order valence-electron chi connectivity index (χ2n) is 5.62. The monoisotopic (exact) mass is 276 g/mol. The van der Waals surface area contributed by atoms with Crippen molar-refractivity contribution in [2.45, 2.75) is 58.4 Å². The van der Waals surface area contributed by atoms with Gasteiger partial charge in [0.25, 0.3) is 0 Å². The van der Waals surface area contributed by atoms with Crippen molar-refractivity contribution < 1.29 is 4.74 Å². The molecule has 0 atom stereocenters. The minimum absolute atomic E-state index is 0.637. The Morgan fingerprint density at radius 3 is 2.60 bits per heavy atom. The van der Waals surface area contributed by atoms with Crippen molar-refractivity contribution in [2.75, 3.05) is 23.8 Å². The molecule has 0 radical (unpaired) electrons. The number of hydrogen-bond acceptors (Lipinski definition) is 3. The van der Waals surface area contributed by atoms with E-state index in [2.05, 4.69) is 30.9 Å². The molecule has 2 N–H and O–H groups in total. The Balaban J connectivity index is 2.20. The molecular formula is C17H28N2O. The molecule has 112 valence electrons. The van der Waals surface area contributed by atoms with Crippen molar-refractivity contribution in [1.82, 2.24) is 0 Å². The molecule has 0 unspecified atom stereocenters. The van der Waals surface area contributed by atoms with Crippen molar-refractivity contribution in [3.63, 3.8) is 0 Å². The van der Waals surface area contributed by atoms with Gasteiger partial charge in [-0.2, -0.15) is 0 Å². The average Bonchev–Trinajstić information content (AvgIpc) is 2.49. The Labute approximate surface area is 123 Å². The molecule has 1 saturated carbocycles. The lowest BCUT2D eigenvalue weighted by Gasteiger charge is -2.36. The molecule has 1 aromatic carbocycles. The zero-order chi connectivity index (χ0) is 14.4. The van der Waals surface area contributed by atoms with Gasteiger partial charge in [0, 0.05) is 12.6 Å². The third-order valence-corrected chi connectivity index (χ3v) is 4.17. The Hall–Kier alpha value is -1.38. The molecule has 0 aliphatic heterocycles. The maximum Gasteiger partial charge on any atom is 0.144 e. The van der Waals surface area contributed by atoms with Crippen LogP contribution in [0, 0.1) is 0 Å². The predicted molar refractivity (Wildman–Crippen MR) is 86.5 cm³/mol. The topological polar surface area (TPSA) is 38.5 Å². The van der Waals surface area contributed by atoms with Crippen LogP contribution >= 0.6 is 0 Å². The van der Waals surface area contributed by atoms with Gasteiger partial charge in [0.1, 0.15) is 5.75 Å². The molecule has 0 saturated heterocycles. The summed E-state index contributed by atoms with van der Waals surface area (Å²) in [6, 6.07) is 6.80. The predicted octanol–water partition coefficient (Wildman–Crippen LogP) is 4.22. The van der Waals surface area contributed by atoms with E-state index in [1.54, 1.807) is 0 Å². The zero-order valence-electron chi connectivity index (χ0n) is 12.9. The summed E-state index contributed by atoms with van der Waals surface area (Å²) in [5.74, 6) is 0.832. The van der Waals surface area contributed by atoms with Crippen LogP contribution in [-0.4, -0.2) is 19.2 Å². The van der Waals surface area contributed by atoms with Gasteiger partial charge in [-0.05, 0) is 38.3 Å². The summed E-state index contributed by atoms with van der Waals surface area (Å²) in [7, 11) is 0. The van der Waals surface area contributed by atoms with E-state index in [9.17, 15) is 0 Å². The zero-order valence-corrected chi connectivity index (χ0v) is 12.9. The fraction of sp³-hybridized carbons (Fsp3) is 0.647. The molecule has 3 heteroatoms.